The van der Waals surface area contributed by atoms with Crippen molar-refractivity contribution in [3.8, 4) is 0 Å². The van der Waals surface area contributed by atoms with Gasteiger partial charge in [-0.1, -0.05) is 0 Å². The first-order chi connectivity index (χ1) is 9.49. The second kappa shape index (κ2) is 6.43. The Morgan fingerprint density at radius 1 is 1.35 bits per heavy atom. The zero-order chi connectivity index (χ0) is 14.7. The van der Waals surface area contributed by atoms with Crippen molar-refractivity contribution in [1.29, 1.82) is 0 Å². The van der Waals surface area contributed by atoms with Gasteiger partial charge in [-0.05, 0) is 39.7 Å². The first kappa shape index (κ1) is 15.1. The molecule has 1 saturated heterocycles. The minimum absolute atomic E-state index is 0.00832. The molecule has 2 aliphatic rings. The molecule has 114 valence electrons. The quantitative estimate of drug-likeness (QED) is 0.789. The number of carboxylic acids is 1. The van der Waals surface area contributed by atoms with Gasteiger partial charge in [0.1, 0.15) is 0 Å². The van der Waals surface area contributed by atoms with Crippen LogP contribution in [-0.4, -0.2) is 65.7 Å². The zero-order valence-corrected chi connectivity index (χ0v) is 12.3. The van der Waals surface area contributed by atoms with Crippen LogP contribution in [-0.2, 0) is 4.79 Å². The fraction of sp³-hybridized carbons (Fsp3) is 0.857. The molecular weight excluding hydrogens is 258 g/mol. The first-order valence-corrected chi connectivity index (χ1v) is 7.46. The topological polar surface area (TPSA) is 72.9 Å². The average Bonchev–Trinajstić information content (AvgIpc) is 3.22. The average molecular weight is 283 g/mol. The molecule has 0 bridgehead atoms. The summed E-state index contributed by atoms with van der Waals surface area (Å²) >= 11 is 0. The fourth-order valence-corrected chi connectivity index (χ4v) is 2.84. The Morgan fingerprint density at radius 2 is 2.05 bits per heavy atom. The molecule has 2 amide bonds. The molecule has 6 heteroatoms. The Labute approximate surface area is 120 Å². The van der Waals surface area contributed by atoms with E-state index in [4.69, 9.17) is 5.11 Å². The first-order valence-electron chi connectivity index (χ1n) is 7.46. The number of carboxylic acid groups (broad SMARTS) is 1. The fourth-order valence-electron chi connectivity index (χ4n) is 2.84. The van der Waals surface area contributed by atoms with Crippen molar-refractivity contribution < 1.29 is 14.7 Å². The molecular formula is C14H25N3O3. The van der Waals surface area contributed by atoms with E-state index in [2.05, 4.69) is 17.3 Å². The third kappa shape index (κ3) is 3.85. The van der Waals surface area contributed by atoms with Crippen LogP contribution < -0.4 is 5.32 Å². The number of urea groups is 1. The predicted molar refractivity (Wildman–Crippen MR) is 75.6 cm³/mol. The Morgan fingerprint density at radius 3 is 2.60 bits per heavy atom. The molecule has 0 aromatic heterocycles. The number of carbonyl (C=O) groups excluding carboxylic acids is 1. The third-order valence-corrected chi connectivity index (χ3v) is 4.40. The highest BCUT2D eigenvalue weighted by molar-refractivity contribution is 5.75. The van der Waals surface area contributed by atoms with Crippen molar-refractivity contribution in [2.24, 2.45) is 5.92 Å². The predicted octanol–water partition coefficient (Wildman–Crippen LogP) is 0.975. The molecule has 2 fully saturated rings. The Bertz CT molecular complexity index is 371. The molecule has 2 atom stereocenters. The summed E-state index contributed by atoms with van der Waals surface area (Å²) < 4.78 is 0. The Kier molecular flexibility index (Phi) is 4.86. The molecule has 2 N–H and O–H groups in total. The maximum atomic E-state index is 12.1. The van der Waals surface area contributed by atoms with Crippen LogP contribution in [0.25, 0.3) is 0 Å². The molecule has 1 aliphatic carbocycles. The highest BCUT2D eigenvalue weighted by Crippen LogP contribution is 2.25. The van der Waals surface area contributed by atoms with E-state index in [1.807, 2.05) is 6.92 Å². The third-order valence-electron chi connectivity index (χ3n) is 4.40. The highest BCUT2D eigenvalue weighted by Gasteiger charge is 2.32. The minimum atomic E-state index is -0.747. The number of likely N-dealkylation sites (tertiary alicyclic amines) is 1. The summed E-state index contributed by atoms with van der Waals surface area (Å²) in [7, 11) is 2.09. The van der Waals surface area contributed by atoms with Gasteiger partial charge in [-0.2, -0.15) is 0 Å². The van der Waals surface area contributed by atoms with Gasteiger partial charge >= 0.3 is 12.0 Å². The van der Waals surface area contributed by atoms with Crippen LogP contribution in [0.15, 0.2) is 0 Å². The summed E-state index contributed by atoms with van der Waals surface area (Å²) in [5.41, 5.74) is 0. The summed E-state index contributed by atoms with van der Waals surface area (Å²) in [6, 6.07) is 0.633. The number of carbonyl (C=O) groups is 2. The number of nitrogens with one attached hydrogen (secondary N) is 1. The number of piperidine rings is 1. The number of aliphatic carboxylic acids is 1. The van der Waals surface area contributed by atoms with Gasteiger partial charge < -0.3 is 20.2 Å². The lowest BCUT2D eigenvalue weighted by atomic mass is 9.92. The lowest BCUT2D eigenvalue weighted by molar-refractivity contribution is -0.143. The van der Waals surface area contributed by atoms with E-state index in [-0.39, 0.29) is 18.0 Å². The molecule has 1 aliphatic heterocycles. The van der Waals surface area contributed by atoms with Crippen molar-refractivity contribution in [2.75, 3.05) is 26.7 Å². The van der Waals surface area contributed by atoms with Crippen molar-refractivity contribution >= 4 is 12.0 Å². The van der Waals surface area contributed by atoms with Crippen LogP contribution in [0, 0.1) is 5.92 Å². The minimum Gasteiger partial charge on any atom is -0.481 e. The number of amides is 2. The summed E-state index contributed by atoms with van der Waals surface area (Å²) in [6.45, 7) is 3.97. The highest BCUT2D eigenvalue weighted by atomic mass is 16.4. The van der Waals surface area contributed by atoms with Gasteiger partial charge in [0.25, 0.3) is 0 Å². The van der Waals surface area contributed by atoms with Gasteiger partial charge in [-0.3, -0.25) is 4.79 Å². The van der Waals surface area contributed by atoms with E-state index in [1.165, 1.54) is 12.8 Å². The summed E-state index contributed by atoms with van der Waals surface area (Å²) in [5.74, 6) is -1.06. The lowest BCUT2D eigenvalue weighted by Gasteiger charge is -2.36. The molecule has 2 rings (SSSR count). The van der Waals surface area contributed by atoms with Gasteiger partial charge in [0.15, 0.2) is 0 Å². The summed E-state index contributed by atoms with van der Waals surface area (Å²) in [6.07, 6.45) is 3.63. The van der Waals surface area contributed by atoms with Crippen LogP contribution in [0.1, 0.15) is 32.6 Å². The molecule has 0 spiro atoms. The molecule has 0 aromatic carbocycles. The summed E-state index contributed by atoms with van der Waals surface area (Å²) in [4.78, 5) is 27.1. The number of rotatable bonds is 5. The van der Waals surface area contributed by atoms with Crippen LogP contribution in [0.4, 0.5) is 4.79 Å². The van der Waals surface area contributed by atoms with Gasteiger partial charge in [-0.25, -0.2) is 4.79 Å². The number of likely N-dealkylation sites (N-methyl/N-ethyl adjacent to an activating group) is 1. The van der Waals surface area contributed by atoms with E-state index >= 15 is 0 Å². The largest absolute Gasteiger partial charge is 0.481 e. The lowest BCUT2D eigenvalue weighted by Crippen LogP contribution is -2.51. The van der Waals surface area contributed by atoms with E-state index in [0.717, 1.165) is 6.54 Å². The van der Waals surface area contributed by atoms with E-state index < -0.39 is 5.97 Å². The van der Waals surface area contributed by atoms with E-state index in [1.54, 1.807) is 4.90 Å². The van der Waals surface area contributed by atoms with Gasteiger partial charge in [-0.15, -0.1) is 0 Å². The molecule has 0 radical (unpaired) electrons. The van der Waals surface area contributed by atoms with Crippen molar-refractivity contribution in [3.05, 3.63) is 0 Å². The van der Waals surface area contributed by atoms with Gasteiger partial charge in [0, 0.05) is 31.7 Å². The van der Waals surface area contributed by atoms with Crippen LogP contribution >= 0.6 is 0 Å². The Balaban J connectivity index is 1.70. The van der Waals surface area contributed by atoms with Crippen molar-refractivity contribution in [3.63, 3.8) is 0 Å². The molecule has 6 nitrogen and oxygen atoms in total. The van der Waals surface area contributed by atoms with Gasteiger partial charge in [0.2, 0.25) is 0 Å². The van der Waals surface area contributed by atoms with Crippen molar-refractivity contribution in [1.82, 2.24) is 15.1 Å². The van der Waals surface area contributed by atoms with Crippen molar-refractivity contribution in [2.45, 2.75) is 44.7 Å². The number of nitrogens with zero attached hydrogens (tertiary/aromatic N) is 2. The monoisotopic (exact) mass is 283 g/mol. The van der Waals surface area contributed by atoms with E-state index in [9.17, 15) is 9.59 Å². The second-order valence-corrected chi connectivity index (χ2v) is 6.05. The number of hydrogen-bond donors (Lipinski definition) is 2. The van der Waals surface area contributed by atoms with Crippen LogP contribution in [0.2, 0.25) is 0 Å². The molecule has 1 heterocycles. The van der Waals surface area contributed by atoms with Crippen LogP contribution in [0.3, 0.4) is 0 Å². The summed E-state index contributed by atoms with van der Waals surface area (Å²) in [5, 5.41) is 12.0. The van der Waals surface area contributed by atoms with E-state index in [0.29, 0.717) is 32.0 Å². The maximum Gasteiger partial charge on any atom is 0.317 e. The molecule has 20 heavy (non-hydrogen) atoms. The normalized spacial score (nSPS) is 26.6. The molecule has 0 aromatic rings. The maximum absolute atomic E-state index is 12.1. The SMILES string of the molecule is CC1CC(C(=O)O)CCN1C(=O)NCCN(C)C1CC1. The number of hydrogen-bond acceptors (Lipinski definition) is 3. The standard InChI is InChI=1S/C14H25N3O3/c1-10-9-11(13(18)19)5-7-17(10)14(20)15-6-8-16(2)12-3-4-12/h10-12H,3-9H2,1-2H3,(H,15,20)(H,18,19). The van der Waals surface area contributed by atoms with Gasteiger partial charge in [0.05, 0.1) is 5.92 Å². The second-order valence-electron chi connectivity index (χ2n) is 6.05. The Hall–Kier alpha value is -1.30. The smallest absolute Gasteiger partial charge is 0.317 e. The van der Waals surface area contributed by atoms with Crippen LogP contribution in [0.5, 0.6) is 0 Å². The molecule has 1 saturated carbocycles. The zero-order valence-electron chi connectivity index (χ0n) is 12.3. The molecule has 2 unspecified atom stereocenters.